The molecule has 0 fully saturated rings. The minimum Gasteiger partial charge on any atom is -0.465 e. The lowest BCUT2D eigenvalue weighted by molar-refractivity contribution is -0.151. The van der Waals surface area contributed by atoms with Gasteiger partial charge in [-0.2, -0.15) is 0 Å². The number of hydrogen-bond donors (Lipinski definition) is 1. The van der Waals surface area contributed by atoms with Crippen molar-refractivity contribution in [3.8, 4) is 0 Å². The molecule has 0 radical (unpaired) electrons. The quantitative estimate of drug-likeness (QED) is 0.0296. The van der Waals surface area contributed by atoms with Crippen molar-refractivity contribution in [2.24, 2.45) is 5.92 Å². The van der Waals surface area contributed by atoms with Crippen LogP contribution in [0.15, 0.2) is 24.3 Å². The molecule has 294 valence electrons. The maximum absolute atomic E-state index is 12.7. The molecule has 1 atom stereocenters. The highest BCUT2D eigenvalue weighted by Crippen LogP contribution is 2.13. The summed E-state index contributed by atoms with van der Waals surface area (Å²) in [6.45, 7) is 9.13. The number of methoxy groups -OCH3 is 1. The molecule has 0 aliphatic carbocycles. The number of ether oxygens (including phenoxy) is 4. The Bertz CT molecular complexity index is 767. The Morgan fingerprint density at radius 1 is 0.580 bits per heavy atom. The van der Waals surface area contributed by atoms with Crippen molar-refractivity contribution in [3.05, 3.63) is 24.3 Å². The van der Waals surface area contributed by atoms with E-state index >= 15 is 0 Å². The van der Waals surface area contributed by atoms with Crippen LogP contribution in [0.25, 0.3) is 0 Å². The van der Waals surface area contributed by atoms with E-state index in [4.69, 9.17) is 18.9 Å². The van der Waals surface area contributed by atoms with Crippen LogP contribution in [-0.4, -0.2) is 58.2 Å². The molecule has 0 saturated heterocycles. The molecule has 1 amide bonds. The number of carbonyl (C=O) groups excluding carboxylic acids is 2. The van der Waals surface area contributed by atoms with Crippen LogP contribution < -0.4 is 5.32 Å². The molecule has 0 aromatic carbocycles. The fourth-order valence-electron chi connectivity index (χ4n) is 5.77. The highest BCUT2D eigenvalue weighted by atomic mass is 16.7. The summed E-state index contributed by atoms with van der Waals surface area (Å²) in [6.07, 6.45) is 37.4. The third-order valence-electron chi connectivity index (χ3n) is 9.01. The first-order valence-corrected chi connectivity index (χ1v) is 21.0. The molecular formula is C43H81NO6. The van der Waals surface area contributed by atoms with E-state index in [2.05, 4.69) is 50.4 Å². The van der Waals surface area contributed by atoms with Gasteiger partial charge < -0.3 is 24.3 Å². The molecular weight excluding hydrogens is 626 g/mol. The lowest BCUT2D eigenvalue weighted by Gasteiger charge is -2.20. The molecule has 0 rings (SSSR count). The number of amides is 1. The minimum atomic E-state index is -0.350. The van der Waals surface area contributed by atoms with Crippen molar-refractivity contribution in [1.29, 1.82) is 0 Å². The van der Waals surface area contributed by atoms with Crippen LogP contribution in [0.4, 0.5) is 0 Å². The number of allylic oxidation sites excluding steroid dienone is 4. The predicted molar refractivity (Wildman–Crippen MR) is 210 cm³/mol. The molecule has 1 N–H and O–H groups in total. The maximum atomic E-state index is 12.7. The second-order valence-electron chi connectivity index (χ2n) is 14.0. The second-order valence-corrected chi connectivity index (χ2v) is 14.0. The first kappa shape index (κ1) is 48.3. The summed E-state index contributed by atoms with van der Waals surface area (Å²) >= 11 is 0. The lowest BCUT2D eigenvalue weighted by Crippen LogP contribution is -2.34. The number of esters is 1. The third-order valence-corrected chi connectivity index (χ3v) is 9.01. The van der Waals surface area contributed by atoms with Crippen LogP contribution in [0.5, 0.6) is 0 Å². The standard InChI is InChI=1S/C43H81NO6/c1-5-8-11-14-17-18-19-20-21-22-23-24-25-26-29-32-42(46)50-39-40(38-47-4)37-44-41(45)33-34-43(48-35-30-27-15-12-9-6-2)49-36-31-28-16-13-10-7-3/h17-18,20-21,40,43H,5-16,19,22-39H2,1-4H3,(H,44,45)/b18-17-,21-20-. The number of nitrogens with one attached hydrogen (secondary N) is 1. The third kappa shape index (κ3) is 36.1. The average molecular weight is 708 g/mol. The van der Waals surface area contributed by atoms with Crippen molar-refractivity contribution < 1.29 is 28.5 Å². The topological polar surface area (TPSA) is 83.1 Å². The zero-order chi connectivity index (χ0) is 36.6. The predicted octanol–water partition coefficient (Wildman–Crippen LogP) is 11.6. The van der Waals surface area contributed by atoms with Gasteiger partial charge in [0.1, 0.15) is 0 Å². The number of unbranched alkanes of at least 4 members (excludes halogenated alkanes) is 18. The van der Waals surface area contributed by atoms with Crippen LogP contribution in [0.3, 0.4) is 0 Å². The Kier molecular flexibility index (Phi) is 38.7. The average Bonchev–Trinajstić information content (AvgIpc) is 3.12. The van der Waals surface area contributed by atoms with E-state index < -0.39 is 0 Å². The van der Waals surface area contributed by atoms with Crippen LogP contribution in [0.1, 0.15) is 188 Å². The van der Waals surface area contributed by atoms with Gasteiger partial charge in [-0.05, 0) is 51.4 Å². The van der Waals surface area contributed by atoms with Crippen LogP contribution in [-0.2, 0) is 28.5 Å². The Morgan fingerprint density at radius 3 is 1.66 bits per heavy atom. The molecule has 0 heterocycles. The molecule has 0 aliphatic rings. The van der Waals surface area contributed by atoms with Gasteiger partial charge in [-0.3, -0.25) is 9.59 Å². The van der Waals surface area contributed by atoms with E-state index in [9.17, 15) is 9.59 Å². The molecule has 0 spiro atoms. The van der Waals surface area contributed by atoms with Gasteiger partial charge in [-0.25, -0.2) is 0 Å². The van der Waals surface area contributed by atoms with Gasteiger partial charge in [0.2, 0.25) is 5.91 Å². The largest absolute Gasteiger partial charge is 0.465 e. The molecule has 0 aliphatic heterocycles. The van der Waals surface area contributed by atoms with Crippen molar-refractivity contribution in [3.63, 3.8) is 0 Å². The van der Waals surface area contributed by atoms with Gasteiger partial charge in [0.15, 0.2) is 6.29 Å². The second kappa shape index (κ2) is 40.1. The number of hydrogen-bond acceptors (Lipinski definition) is 6. The normalized spacial score (nSPS) is 12.4. The summed E-state index contributed by atoms with van der Waals surface area (Å²) in [5.41, 5.74) is 0. The molecule has 0 aromatic rings. The van der Waals surface area contributed by atoms with Crippen molar-refractivity contribution in [1.82, 2.24) is 5.32 Å². The number of carbonyl (C=O) groups is 2. The smallest absolute Gasteiger partial charge is 0.305 e. The first-order valence-electron chi connectivity index (χ1n) is 21.0. The van der Waals surface area contributed by atoms with Gasteiger partial charge in [0, 0.05) is 52.0 Å². The molecule has 1 unspecified atom stereocenters. The van der Waals surface area contributed by atoms with E-state index in [1.54, 1.807) is 7.11 Å². The van der Waals surface area contributed by atoms with Crippen LogP contribution >= 0.6 is 0 Å². The van der Waals surface area contributed by atoms with Gasteiger partial charge >= 0.3 is 5.97 Å². The van der Waals surface area contributed by atoms with E-state index in [1.807, 2.05) is 0 Å². The molecule has 0 bridgehead atoms. The van der Waals surface area contributed by atoms with E-state index in [-0.39, 0.29) is 30.7 Å². The fourth-order valence-corrected chi connectivity index (χ4v) is 5.77. The Balaban J connectivity index is 4.21. The first-order chi connectivity index (χ1) is 24.6. The molecule has 0 aromatic heterocycles. The Morgan fingerprint density at radius 2 is 1.08 bits per heavy atom. The highest BCUT2D eigenvalue weighted by molar-refractivity contribution is 5.75. The van der Waals surface area contributed by atoms with Crippen molar-refractivity contribution >= 4 is 11.9 Å². The van der Waals surface area contributed by atoms with E-state index in [0.29, 0.717) is 45.6 Å². The summed E-state index contributed by atoms with van der Waals surface area (Å²) in [5.74, 6) is -0.295. The molecule has 7 nitrogen and oxygen atoms in total. The van der Waals surface area contributed by atoms with Crippen molar-refractivity contribution in [2.45, 2.75) is 194 Å². The van der Waals surface area contributed by atoms with Crippen LogP contribution in [0, 0.1) is 5.92 Å². The Hall–Kier alpha value is -1.70. The van der Waals surface area contributed by atoms with Crippen LogP contribution in [0.2, 0.25) is 0 Å². The maximum Gasteiger partial charge on any atom is 0.305 e. The fraction of sp³-hybridized carbons (Fsp3) is 0.860. The lowest BCUT2D eigenvalue weighted by atomic mass is 10.1. The summed E-state index contributed by atoms with van der Waals surface area (Å²) < 4.78 is 23.1. The zero-order valence-corrected chi connectivity index (χ0v) is 33.3. The van der Waals surface area contributed by atoms with Gasteiger partial charge in [0.25, 0.3) is 0 Å². The molecule has 7 heteroatoms. The number of rotatable bonds is 39. The molecule has 50 heavy (non-hydrogen) atoms. The van der Waals surface area contributed by atoms with Gasteiger partial charge in [-0.15, -0.1) is 0 Å². The summed E-state index contributed by atoms with van der Waals surface area (Å²) in [6, 6.07) is 0. The summed E-state index contributed by atoms with van der Waals surface area (Å²) in [7, 11) is 1.63. The highest BCUT2D eigenvalue weighted by Gasteiger charge is 2.16. The van der Waals surface area contributed by atoms with E-state index in [1.165, 1.54) is 103 Å². The van der Waals surface area contributed by atoms with E-state index in [0.717, 1.165) is 44.9 Å². The Labute approximate surface area is 309 Å². The zero-order valence-electron chi connectivity index (χ0n) is 33.3. The SMILES string of the molecule is CCCCC/C=C\C/C=C\CCCCCCCC(=O)OCC(CNC(=O)CCC(OCCCCCCCC)OCCCCCCCC)COC. The van der Waals surface area contributed by atoms with Crippen molar-refractivity contribution in [2.75, 3.05) is 40.1 Å². The summed E-state index contributed by atoms with van der Waals surface area (Å²) in [5, 5.41) is 3.01. The minimum absolute atomic E-state index is 0.0427. The van der Waals surface area contributed by atoms with Gasteiger partial charge in [0.05, 0.1) is 13.2 Å². The monoisotopic (exact) mass is 708 g/mol. The molecule has 0 saturated carbocycles. The van der Waals surface area contributed by atoms with Gasteiger partial charge in [-0.1, -0.05) is 141 Å². The summed E-state index contributed by atoms with van der Waals surface area (Å²) in [4.78, 5) is 25.1.